The zero-order chi connectivity index (χ0) is 21.3. The van der Waals surface area contributed by atoms with Crippen molar-refractivity contribution in [1.82, 2.24) is 25.4 Å². The van der Waals surface area contributed by atoms with Crippen LogP contribution < -0.4 is 15.4 Å². The lowest BCUT2D eigenvalue weighted by Gasteiger charge is -2.18. The van der Waals surface area contributed by atoms with Crippen molar-refractivity contribution in [3.8, 4) is 5.75 Å². The minimum atomic E-state index is -4.72. The lowest BCUT2D eigenvalue weighted by molar-refractivity contribution is -0.274. The minimum absolute atomic E-state index is 0. The number of alkyl halides is 3. The summed E-state index contributed by atoms with van der Waals surface area (Å²) in [6.45, 7) is 3.29. The van der Waals surface area contributed by atoms with Gasteiger partial charge >= 0.3 is 6.36 Å². The van der Waals surface area contributed by atoms with E-state index in [0.717, 1.165) is 5.56 Å². The number of nitrogens with zero attached hydrogens (tertiary/aromatic N) is 4. The van der Waals surface area contributed by atoms with E-state index in [0.29, 0.717) is 37.8 Å². The number of aryl methyl sites for hydroxylation is 1. The van der Waals surface area contributed by atoms with E-state index in [-0.39, 0.29) is 42.3 Å². The topological polar surface area (TPSA) is 96.6 Å². The Balaban J connectivity index is 0.00000450. The van der Waals surface area contributed by atoms with Crippen molar-refractivity contribution >= 4 is 29.9 Å². The number of halogens is 4. The molecule has 8 nitrogen and oxygen atoms in total. The van der Waals surface area contributed by atoms with Crippen molar-refractivity contribution in [2.24, 2.45) is 18.0 Å². The van der Waals surface area contributed by atoms with Crippen molar-refractivity contribution in [2.45, 2.75) is 26.3 Å². The lowest BCUT2D eigenvalue weighted by atomic mass is 10.00. The number of ether oxygens (including phenoxy) is 1. The number of aromatic nitrogens is 3. The van der Waals surface area contributed by atoms with Gasteiger partial charge in [0.1, 0.15) is 24.4 Å². The molecule has 0 saturated carbocycles. The molecule has 1 heterocycles. The third kappa shape index (κ3) is 9.15. The Labute approximate surface area is 190 Å². The fourth-order valence-corrected chi connectivity index (χ4v) is 2.56. The van der Waals surface area contributed by atoms with Crippen molar-refractivity contribution in [3.63, 3.8) is 0 Å². The summed E-state index contributed by atoms with van der Waals surface area (Å²) in [5.74, 6) is 0.860. The summed E-state index contributed by atoms with van der Waals surface area (Å²) in [4.78, 5) is 8.56. The van der Waals surface area contributed by atoms with Crippen molar-refractivity contribution in [3.05, 3.63) is 42.0 Å². The summed E-state index contributed by atoms with van der Waals surface area (Å²) in [6, 6.07) is 5.63. The van der Waals surface area contributed by atoms with E-state index in [9.17, 15) is 18.3 Å². The Morgan fingerprint density at radius 1 is 1.27 bits per heavy atom. The third-order valence-electron chi connectivity index (χ3n) is 4.03. The van der Waals surface area contributed by atoms with Crippen LogP contribution in [0.5, 0.6) is 5.75 Å². The maximum Gasteiger partial charge on any atom is 0.573 e. The van der Waals surface area contributed by atoms with Gasteiger partial charge in [0, 0.05) is 32.7 Å². The van der Waals surface area contributed by atoms with Crippen molar-refractivity contribution in [1.29, 1.82) is 0 Å². The largest absolute Gasteiger partial charge is 0.573 e. The molecule has 1 aromatic carbocycles. The third-order valence-corrected chi connectivity index (χ3v) is 4.03. The van der Waals surface area contributed by atoms with Crippen LogP contribution in [0.15, 0.2) is 35.6 Å². The van der Waals surface area contributed by atoms with Gasteiger partial charge in [-0.2, -0.15) is 5.10 Å². The van der Waals surface area contributed by atoms with Gasteiger partial charge in [-0.15, -0.1) is 37.1 Å². The first-order valence-corrected chi connectivity index (χ1v) is 9.11. The number of guanidine groups is 1. The molecule has 0 bridgehead atoms. The van der Waals surface area contributed by atoms with Crippen LogP contribution in [0, 0.1) is 5.92 Å². The lowest BCUT2D eigenvalue weighted by Crippen LogP contribution is -2.40. The van der Waals surface area contributed by atoms with Gasteiger partial charge in [-0.25, -0.2) is 9.98 Å². The Morgan fingerprint density at radius 3 is 2.50 bits per heavy atom. The highest BCUT2D eigenvalue weighted by Gasteiger charge is 2.30. The number of hydrogen-bond donors (Lipinski definition) is 3. The number of hydrogen-bond acceptors (Lipinski definition) is 5. The summed E-state index contributed by atoms with van der Waals surface area (Å²) in [7, 11) is 1.78. The van der Waals surface area contributed by atoms with E-state index in [1.54, 1.807) is 23.9 Å². The SMILES string of the molecule is CCNC(=NCc1ncnn1C)NCC(CO)Cc1ccc(OC(F)(F)F)cc1.I. The van der Waals surface area contributed by atoms with Gasteiger partial charge in [-0.3, -0.25) is 4.68 Å². The molecule has 2 rings (SSSR count). The molecule has 0 fully saturated rings. The maximum atomic E-state index is 12.2. The minimum Gasteiger partial charge on any atom is -0.406 e. The zero-order valence-corrected chi connectivity index (χ0v) is 19.0. The van der Waals surface area contributed by atoms with Gasteiger partial charge in [0.2, 0.25) is 0 Å². The van der Waals surface area contributed by atoms with Crippen LogP contribution in [0.1, 0.15) is 18.3 Å². The van der Waals surface area contributed by atoms with E-state index in [2.05, 4.69) is 30.4 Å². The fraction of sp³-hybridized carbons (Fsp3) is 0.500. The summed E-state index contributed by atoms with van der Waals surface area (Å²) >= 11 is 0. The van der Waals surface area contributed by atoms with Crippen LogP contribution in [0.3, 0.4) is 0 Å². The number of aliphatic imine (C=N–C) groups is 1. The predicted octanol–water partition coefficient (Wildman–Crippen LogP) is 2.24. The molecule has 30 heavy (non-hydrogen) atoms. The summed E-state index contributed by atoms with van der Waals surface area (Å²) in [6.07, 6.45) is -2.78. The Hall–Kier alpha value is -2.09. The molecule has 1 aromatic heterocycles. The average Bonchev–Trinajstić information content (AvgIpc) is 3.08. The molecule has 0 saturated heterocycles. The second-order valence-corrected chi connectivity index (χ2v) is 6.32. The summed E-state index contributed by atoms with van der Waals surface area (Å²) in [5.41, 5.74) is 0.793. The molecule has 2 aromatic rings. The van der Waals surface area contributed by atoms with Gasteiger partial charge in [0.25, 0.3) is 0 Å². The number of rotatable bonds is 9. The standard InChI is InChI=1S/C18H25F3N6O2.HI/c1-3-22-17(24-10-16-25-12-26-27(16)2)23-9-14(11-28)8-13-4-6-15(7-5-13)29-18(19,20)21;/h4-7,12,14,28H,3,8-11H2,1-2H3,(H2,22,23,24);1H. The smallest absolute Gasteiger partial charge is 0.406 e. The van der Waals surface area contributed by atoms with Gasteiger partial charge in [0.05, 0.1) is 0 Å². The van der Waals surface area contributed by atoms with E-state index >= 15 is 0 Å². The van der Waals surface area contributed by atoms with E-state index in [4.69, 9.17) is 0 Å². The molecule has 12 heteroatoms. The first kappa shape index (κ1) is 25.9. The number of benzene rings is 1. The molecule has 0 aliphatic carbocycles. The van der Waals surface area contributed by atoms with Crippen LogP contribution in [0.4, 0.5) is 13.2 Å². The summed E-state index contributed by atoms with van der Waals surface area (Å²) < 4.78 is 42.2. The molecule has 3 N–H and O–H groups in total. The highest BCUT2D eigenvalue weighted by molar-refractivity contribution is 14.0. The van der Waals surface area contributed by atoms with Crippen LogP contribution >= 0.6 is 24.0 Å². The van der Waals surface area contributed by atoms with E-state index < -0.39 is 6.36 Å². The van der Waals surface area contributed by atoms with Crippen LogP contribution in [0.25, 0.3) is 0 Å². The van der Waals surface area contributed by atoms with Crippen molar-refractivity contribution in [2.75, 3.05) is 19.7 Å². The van der Waals surface area contributed by atoms with E-state index in [1.807, 2.05) is 6.92 Å². The van der Waals surface area contributed by atoms with Crippen molar-refractivity contribution < 1.29 is 23.0 Å². The summed E-state index contributed by atoms with van der Waals surface area (Å²) in [5, 5.41) is 19.9. The average molecular weight is 542 g/mol. The quantitative estimate of drug-likeness (QED) is 0.256. The first-order chi connectivity index (χ1) is 13.8. The Bertz CT molecular complexity index is 783. The van der Waals surface area contributed by atoms with Gasteiger partial charge in [-0.05, 0) is 31.0 Å². The number of aliphatic hydroxyl groups is 1. The molecule has 0 aliphatic heterocycles. The van der Waals surface area contributed by atoms with Crippen LogP contribution in [-0.4, -0.2) is 51.9 Å². The predicted molar refractivity (Wildman–Crippen MR) is 117 cm³/mol. The zero-order valence-electron chi connectivity index (χ0n) is 16.7. The van der Waals surface area contributed by atoms with Crippen LogP contribution in [-0.2, 0) is 20.0 Å². The fourth-order valence-electron chi connectivity index (χ4n) is 2.56. The molecule has 0 radical (unpaired) electrons. The molecule has 0 amide bonds. The van der Waals surface area contributed by atoms with E-state index in [1.165, 1.54) is 18.5 Å². The first-order valence-electron chi connectivity index (χ1n) is 9.11. The molecule has 1 unspecified atom stereocenters. The van der Waals surface area contributed by atoms with Gasteiger partial charge < -0.3 is 20.5 Å². The molecule has 0 spiro atoms. The van der Waals surface area contributed by atoms with Gasteiger partial charge in [0.15, 0.2) is 5.96 Å². The number of nitrogens with one attached hydrogen (secondary N) is 2. The normalized spacial score (nSPS) is 12.8. The maximum absolute atomic E-state index is 12.2. The Morgan fingerprint density at radius 2 is 1.97 bits per heavy atom. The molecular formula is C18H26F3IN6O2. The second-order valence-electron chi connectivity index (χ2n) is 6.32. The highest BCUT2D eigenvalue weighted by Crippen LogP contribution is 2.23. The molecule has 0 aliphatic rings. The van der Waals surface area contributed by atoms with Crippen LogP contribution in [0.2, 0.25) is 0 Å². The molecule has 1 atom stereocenters. The molecule has 168 valence electrons. The monoisotopic (exact) mass is 542 g/mol. The second kappa shape index (κ2) is 12.6. The number of aliphatic hydroxyl groups excluding tert-OH is 1. The Kier molecular flexibility index (Phi) is 10.9. The molecular weight excluding hydrogens is 516 g/mol. The van der Waals surface area contributed by atoms with Gasteiger partial charge in [-0.1, -0.05) is 12.1 Å². The highest BCUT2D eigenvalue weighted by atomic mass is 127.